The van der Waals surface area contributed by atoms with Crippen molar-refractivity contribution in [3.05, 3.63) is 28.8 Å². The predicted molar refractivity (Wildman–Crippen MR) is 68.5 cm³/mol. The Bertz CT molecular complexity index is 661. The summed E-state index contributed by atoms with van der Waals surface area (Å²) in [4.78, 5) is 17.0. The molecule has 0 amide bonds. The summed E-state index contributed by atoms with van der Waals surface area (Å²) in [5.41, 5.74) is 7.74. The van der Waals surface area contributed by atoms with E-state index in [0.29, 0.717) is 6.04 Å². The Morgan fingerprint density at radius 1 is 1.22 bits per heavy atom. The average Bonchev–Trinajstić information content (AvgIpc) is 3.10. The number of pyridine rings is 1. The van der Waals surface area contributed by atoms with Crippen molar-refractivity contribution in [3.8, 4) is 0 Å². The summed E-state index contributed by atoms with van der Waals surface area (Å²) < 4.78 is 3.78. The number of aromatic nitrogens is 3. The molecule has 2 saturated carbocycles. The minimum absolute atomic E-state index is 0.100. The molecule has 2 N–H and O–H groups in total. The van der Waals surface area contributed by atoms with Gasteiger partial charge in [0.15, 0.2) is 5.65 Å². The summed E-state index contributed by atoms with van der Waals surface area (Å²) in [6.07, 6.45) is 5.75. The van der Waals surface area contributed by atoms with Gasteiger partial charge < -0.3 is 5.73 Å². The van der Waals surface area contributed by atoms with E-state index in [0.717, 1.165) is 36.8 Å². The van der Waals surface area contributed by atoms with Crippen LogP contribution < -0.4 is 11.4 Å². The Morgan fingerprint density at radius 2 is 2.00 bits per heavy atom. The van der Waals surface area contributed by atoms with Crippen LogP contribution in [0.2, 0.25) is 0 Å². The SMILES string of the molecule is NC1CC(n2c(=O)n(C3CC3)c3cccnc32)C1. The van der Waals surface area contributed by atoms with Crippen LogP contribution in [0.15, 0.2) is 23.1 Å². The fraction of sp³-hybridized carbons (Fsp3) is 0.538. The average molecular weight is 244 g/mol. The first-order valence-corrected chi connectivity index (χ1v) is 6.58. The molecule has 2 aliphatic rings. The number of hydrogen-bond acceptors (Lipinski definition) is 3. The van der Waals surface area contributed by atoms with Crippen LogP contribution >= 0.6 is 0 Å². The molecular weight excluding hydrogens is 228 g/mol. The molecular formula is C13H16N4O. The maximum Gasteiger partial charge on any atom is 0.330 e. The monoisotopic (exact) mass is 244 g/mol. The molecule has 5 heteroatoms. The van der Waals surface area contributed by atoms with Crippen molar-refractivity contribution in [2.75, 3.05) is 0 Å². The van der Waals surface area contributed by atoms with Crippen molar-refractivity contribution in [3.63, 3.8) is 0 Å². The molecule has 0 bridgehead atoms. The molecule has 2 heterocycles. The van der Waals surface area contributed by atoms with E-state index in [4.69, 9.17) is 5.73 Å². The molecule has 0 radical (unpaired) electrons. The Balaban J connectivity index is 1.96. The van der Waals surface area contributed by atoms with Gasteiger partial charge in [-0.1, -0.05) is 0 Å². The fourth-order valence-electron chi connectivity index (χ4n) is 2.93. The third kappa shape index (κ3) is 1.31. The molecule has 0 saturated heterocycles. The topological polar surface area (TPSA) is 65.8 Å². The molecule has 4 rings (SSSR count). The summed E-state index contributed by atoms with van der Waals surface area (Å²) in [5, 5.41) is 0. The zero-order valence-electron chi connectivity index (χ0n) is 10.1. The molecule has 0 spiro atoms. The minimum Gasteiger partial charge on any atom is -0.328 e. The van der Waals surface area contributed by atoms with Crippen molar-refractivity contribution in [1.29, 1.82) is 0 Å². The van der Waals surface area contributed by atoms with Crippen molar-refractivity contribution in [1.82, 2.24) is 14.1 Å². The lowest BCUT2D eigenvalue weighted by atomic mass is 9.87. The van der Waals surface area contributed by atoms with Crippen LogP contribution in [-0.2, 0) is 0 Å². The van der Waals surface area contributed by atoms with Gasteiger partial charge in [0.05, 0.1) is 5.52 Å². The predicted octanol–water partition coefficient (Wildman–Crippen LogP) is 1.20. The molecule has 2 aliphatic carbocycles. The summed E-state index contributed by atoms with van der Waals surface area (Å²) in [6, 6.07) is 4.77. The van der Waals surface area contributed by atoms with Crippen molar-refractivity contribution in [2.45, 2.75) is 43.8 Å². The first kappa shape index (κ1) is 10.3. The van der Waals surface area contributed by atoms with Gasteiger partial charge in [-0.2, -0.15) is 0 Å². The van der Waals surface area contributed by atoms with E-state index in [9.17, 15) is 4.79 Å². The Morgan fingerprint density at radius 3 is 2.67 bits per heavy atom. The van der Waals surface area contributed by atoms with Gasteiger partial charge in [-0.15, -0.1) is 0 Å². The maximum atomic E-state index is 12.6. The second kappa shape index (κ2) is 3.45. The molecule has 0 aromatic carbocycles. The molecule has 2 aromatic rings. The normalized spacial score (nSPS) is 27.4. The second-order valence-corrected chi connectivity index (χ2v) is 5.49. The molecule has 0 unspecified atom stereocenters. The van der Waals surface area contributed by atoms with Crippen molar-refractivity contribution < 1.29 is 0 Å². The summed E-state index contributed by atoms with van der Waals surface area (Å²) in [5.74, 6) is 0. The van der Waals surface area contributed by atoms with Gasteiger partial charge in [0.2, 0.25) is 0 Å². The number of nitrogens with two attached hydrogens (primary N) is 1. The first-order valence-electron chi connectivity index (χ1n) is 6.58. The van der Waals surface area contributed by atoms with Crippen LogP contribution in [0.25, 0.3) is 11.2 Å². The van der Waals surface area contributed by atoms with Crippen LogP contribution in [0, 0.1) is 0 Å². The van der Waals surface area contributed by atoms with Gasteiger partial charge in [0.1, 0.15) is 0 Å². The number of nitrogens with zero attached hydrogens (tertiary/aromatic N) is 3. The minimum atomic E-state index is 0.100. The van der Waals surface area contributed by atoms with Crippen LogP contribution in [-0.4, -0.2) is 20.2 Å². The maximum absolute atomic E-state index is 12.6. The van der Waals surface area contributed by atoms with Crippen molar-refractivity contribution >= 4 is 11.2 Å². The number of rotatable bonds is 2. The van der Waals surface area contributed by atoms with Crippen LogP contribution in [0.1, 0.15) is 37.8 Å². The quantitative estimate of drug-likeness (QED) is 0.863. The van der Waals surface area contributed by atoms with E-state index in [1.807, 2.05) is 21.3 Å². The molecule has 0 aliphatic heterocycles. The van der Waals surface area contributed by atoms with Gasteiger partial charge in [-0.25, -0.2) is 9.78 Å². The summed E-state index contributed by atoms with van der Waals surface area (Å²) in [7, 11) is 0. The van der Waals surface area contributed by atoms with E-state index in [-0.39, 0.29) is 17.8 Å². The zero-order valence-corrected chi connectivity index (χ0v) is 10.1. The third-order valence-electron chi connectivity index (χ3n) is 4.09. The standard InChI is InChI=1S/C13H16N4O/c14-8-6-10(7-8)17-12-11(2-1-5-15-12)16(13(17)18)9-3-4-9/h1-2,5,8-10H,3-4,6-7,14H2. The van der Waals surface area contributed by atoms with E-state index >= 15 is 0 Å². The highest BCUT2D eigenvalue weighted by Crippen LogP contribution is 2.38. The number of hydrogen-bond donors (Lipinski definition) is 1. The van der Waals surface area contributed by atoms with Gasteiger partial charge >= 0.3 is 5.69 Å². The molecule has 2 aromatic heterocycles. The van der Waals surface area contributed by atoms with E-state index in [1.54, 1.807) is 6.20 Å². The van der Waals surface area contributed by atoms with Gasteiger partial charge in [-0.05, 0) is 37.8 Å². The van der Waals surface area contributed by atoms with Crippen molar-refractivity contribution in [2.24, 2.45) is 5.73 Å². The van der Waals surface area contributed by atoms with E-state index in [1.165, 1.54) is 0 Å². The Hall–Kier alpha value is -1.62. The molecule has 94 valence electrons. The number of fused-ring (bicyclic) bond motifs is 1. The highest BCUT2D eigenvalue weighted by molar-refractivity contribution is 5.72. The lowest BCUT2D eigenvalue weighted by molar-refractivity contribution is 0.264. The van der Waals surface area contributed by atoms with Gasteiger partial charge in [-0.3, -0.25) is 9.13 Å². The highest BCUT2D eigenvalue weighted by atomic mass is 16.2. The molecule has 0 atom stereocenters. The molecule has 5 nitrogen and oxygen atoms in total. The van der Waals surface area contributed by atoms with Gasteiger partial charge in [0, 0.05) is 24.3 Å². The van der Waals surface area contributed by atoms with E-state index in [2.05, 4.69) is 4.98 Å². The smallest absolute Gasteiger partial charge is 0.328 e. The van der Waals surface area contributed by atoms with Crippen LogP contribution in [0.3, 0.4) is 0 Å². The largest absolute Gasteiger partial charge is 0.330 e. The third-order valence-corrected chi connectivity index (χ3v) is 4.09. The summed E-state index contributed by atoms with van der Waals surface area (Å²) in [6.45, 7) is 0. The lowest BCUT2D eigenvalue weighted by Gasteiger charge is -2.32. The second-order valence-electron chi connectivity index (χ2n) is 5.49. The molecule has 18 heavy (non-hydrogen) atoms. The Labute approximate surface area is 104 Å². The zero-order chi connectivity index (χ0) is 12.3. The summed E-state index contributed by atoms with van der Waals surface area (Å²) >= 11 is 0. The van der Waals surface area contributed by atoms with Crippen LogP contribution in [0.5, 0.6) is 0 Å². The fourth-order valence-corrected chi connectivity index (χ4v) is 2.93. The van der Waals surface area contributed by atoms with Gasteiger partial charge in [0.25, 0.3) is 0 Å². The highest BCUT2D eigenvalue weighted by Gasteiger charge is 2.34. The van der Waals surface area contributed by atoms with E-state index < -0.39 is 0 Å². The van der Waals surface area contributed by atoms with Crippen LogP contribution in [0.4, 0.5) is 0 Å². The Kier molecular flexibility index (Phi) is 1.97. The lowest BCUT2D eigenvalue weighted by Crippen LogP contribution is -2.41. The molecule has 2 fully saturated rings. The first-order chi connectivity index (χ1) is 8.75. The number of imidazole rings is 1.